The Morgan fingerprint density at radius 2 is 1.88 bits per heavy atom. The molecule has 0 saturated carbocycles. The van der Waals surface area contributed by atoms with Gasteiger partial charge in [-0.25, -0.2) is 5.01 Å². The molecule has 1 aliphatic heterocycles. The molecule has 1 heterocycles. The fourth-order valence-electron chi connectivity index (χ4n) is 2.97. The molecule has 1 amide bonds. The van der Waals surface area contributed by atoms with Gasteiger partial charge in [-0.1, -0.05) is 13.8 Å². The largest absolute Gasteiger partial charge is 0.493 e. The topological polar surface area (TPSA) is 60.0 Å². The molecule has 24 heavy (non-hydrogen) atoms. The van der Waals surface area contributed by atoms with Crippen LogP contribution < -0.4 is 19.6 Å². The lowest BCUT2D eigenvalue weighted by Gasteiger charge is -2.39. The summed E-state index contributed by atoms with van der Waals surface area (Å²) in [6.07, 6.45) is 0.990. The molecule has 0 bridgehead atoms. The van der Waals surface area contributed by atoms with Crippen LogP contribution in [0.25, 0.3) is 0 Å². The summed E-state index contributed by atoms with van der Waals surface area (Å²) < 4.78 is 15.9. The molecule has 1 aromatic rings. The zero-order valence-corrected chi connectivity index (χ0v) is 15.7. The molecule has 0 aliphatic carbocycles. The van der Waals surface area contributed by atoms with Gasteiger partial charge in [-0.3, -0.25) is 10.2 Å². The molecule has 1 aromatic carbocycles. The van der Waals surface area contributed by atoms with E-state index in [2.05, 4.69) is 19.3 Å². The van der Waals surface area contributed by atoms with Gasteiger partial charge in [0.25, 0.3) is 5.91 Å². The van der Waals surface area contributed by atoms with Crippen LogP contribution in [0, 0.1) is 0 Å². The molecular weight excluding hydrogens is 328 g/mol. The van der Waals surface area contributed by atoms with Gasteiger partial charge in [-0.15, -0.1) is 0 Å². The number of carbonyl (C=O) groups excluding carboxylic acids is 1. The lowest BCUT2D eigenvalue weighted by atomic mass is 10.1. The number of amides is 1. The summed E-state index contributed by atoms with van der Waals surface area (Å²) in [6.45, 7) is 5.19. The number of nitrogens with zero attached hydrogens (tertiary/aromatic N) is 1. The predicted octanol–water partition coefficient (Wildman–Crippen LogP) is 2.57. The Balaban J connectivity index is 2.23. The van der Waals surface area contributed by atoms with Crippen molar-refractivity contribution in [2.24, 2.45) is 0 Å². The summed E-state index contributed by atoms with van der Waals surface area (Å²) in [5.74, 6) is 2.25. The third-order valence-corrected chi connectivity index (χ3v) is 5.50. The Morgan fingerprint density at radius 3 is 2.38 bits per heavy atom. The smallest absolute Gasteiger partial charge is 0.265 e. The molecule has 0 radical (unpaired) electrons. The second-order valence-corrected chi connectivity index (χ2v) is 7.08. The standard InChI is InChI=1S/C17H26N2O4S/c1-6-13-11(2)24-8-7-19(13)18-17(20)12-9-14(21-3)16(23-5)15(10-12)22-4/h9-11,13H,6-8H2,1-5H3,(H,18,20). The first-order valence-electron chi connectivity index (χ1n) is 8.04. The van der Waals surface area contributed by atoms with Crippen LogP contribution in [0.15, 0.2) is 12.1 Å². The number of hydrazine groups is 1. The summed E-state index contributed by atoms with van der Waals surface area (Å²) in [5.41, 5.74) is 3.51. The molecule has 2 unspecified atom stereocenters. The maximum atomic E-state index is 12.7. The average Bonchev–Trinajstić information content (AvgIpc) is 2.60. The molecule has 1 saturated heterocycles. The van der Waals surface area contributed by atoms with E-state index in [4.69, 9.17) is 14.2 Å². The van der Waals surface area contributed by atoms with E-state index < -0.39 is 0 Å². The van der Waals surface area contributed by atoms with E-state index in [9.17, 15) is 4.79 Å². The van der Waals surface area contributed by atoms with Crippen molar-refractivity contribution in [3.8, 4) is 17.2 Å². The second kappa shape index (κ2) is 8.48. The molecular formula is C17H26N2O4S. The van der Waals surface area contributed by atoms with Gasteiger partial charge in [0.15, 0.2) is 11.5 Å². The lowest BCUT2D eigenvalue weighted by Crippen LogP contribution is -2.55. The SMILES string of the molecule is CCC1C(C)SCCN1NC(=O)c1cc(OC)c(OC)c(OC)c1. The fraction of sp³-hybridized carbons (Fsp3) is 0.588. The second-order valence-electron chi connectivity index (χ2n) is 5.60. The highest BCUT2D eigenvalue weighted by Crippen LogP contribution is 2.38. The Kier molecular flexibility index (Phi) is 6.62. The molecule has 6 nitrogen and oxygen atoms in total. The lowest BCUT2D eigenvalue weighted by molar-refractivity contribution is 0.0683. The van der Waals surface area contributed by atoms with Crippen LogP contribution in [-0.2, 0) is 0 Å². The molecule has 1 aliphatic rings. The van der Waals surface area contributed by atoms with Crippen LogP contribution in [0.3, 0.4) is 0 Å². The quantitative estimate of drug-likeness (QED) is 0.847. The first-order valence-corrected chi connectivity index (χ1v) is 9.09. The van der Waals surface area contributed by atoms with Gasteiger partial charge >= 0.3 is 0 Å². The van der Waals surface area contributed by atoms with E-state index in [0.717, 1.165) is 18.7 Å². The minimum atomic E-state index is -0.174. The third-order valence-electron chi connectivity index (χ3n) is 4.25. The highest BCUT2D eigenvalue weighted by Gasteiger charge is 2.29. The Labute approximate surface area is 147 Å². The summed E-state index contributed by atoms with van der Waals surface area (Å²) in [5, 5.41) is 2.54. The highest BCUT2D eigenvalue weighted by molar-refractivity contribution is 8.00. The number of hydrogen-bond donors (Lipinski definition) is 1. The number of methoxy groups -OCH3 is 3. The van der Waals surface area contributed by atoms with Crippen LogP contribution in [0.2, 0.25) is 0 Å². The first-order chi connectivity index (χ1) is 11.5. The van der Waals surface area contributed by atoms with E-state index in [1.54, 1.807) is 19.2 Å². The van der Waals surface area contributed by atoms with E-state index >= 15 is 0 Å². The maximum absolute atomic E-state index is 12.7. The first kappa shape index (κ1) is 18.7. The minimum absolute atomic E-state index is 0.174. The number of thioether (sulfide) groups is 1. The van der Waals surface area contributed by atoms with Crippen molar-refractivity contribution in [2.45, 2.75) is 31.6 Å². The van der Waals surface area contributed by atoms with E-state index in [1.165, 1.54) is 14.2 Å². The van der Waals surface area contributed by atoms with Gasteiger partial charge in [-0.05, 0) is 18.6 Å². The molecule has 1 N–H and O–H groups in total. The number of hydrogen-bond acceptors (Lipinski definition) is 6. The van der Waals surface area contributed by atoms with Crippen LogP contribution in [-0.4, -0.2) is 55.8 Å². The van der Waals surface area contributed by atoms with Crippen molar-refractivity contribution >= 4 is 17.7 Å². The minimum Gasteiger partial charge on any atom is -0.493 e. The Bertz CT molecular complexity index is 557. The molecule has 2 atom stereocenters. The highest BCUT2D eigenvalue weighted by atomic mass is 32.2. The molecule has 0 aromatic heterocycles. The predicted molar refractivity (Wildman–Crippen MR) is 96.3 cm³/mol. The van der Waals surface area contributed by atoms with Crippen molar-refractivity contribution in [3.05, 3.63) is 17.7 Å². The van der Waals surface area contributed by atoms with Crippen LogP contribution in [0.4, 0.5) is 0 Å². The van der Waals surface area contributed by atoms with E-state index in [-0.39, 0.29) is 5.91 Å². The van der Waals surface area contributed by atoms with Gasteiger partial charge < -0.3 is 14.2 Å². The van der Waals surface area contributed by atoms with Crippen molar-refractivity contribution in [1.82, 2.24) is 10.4 Å². The monoisotopic (exact) mass is 354 g/mol. The molecule has 2 rings (SSSR count). The van der Waals surface area contributed by atoms with Gasteiger partial charge in [0.2, 0.25) is 5.75 Å². The van der Waals surface area contributed by atoms with Gasteiger partial charge in [0.05, 0.1) is 21.3 Å². The molecule has 0 spiro atoms. The van der Waals surface area contributed by atoms with Gasteiger partial charge in [-0.2, -0.15) is 11.8 Å². The zero-order chi connectivity index (χ0) is 17.7. The van der Waals surface area contributed by atoms with Crippen molar-refractivity contribution < 1.29 is 19.0 Å². The number of benzene rings is 1. The summed E-state index contributed by atoms with van der Waals surface area (Å²) in [4.78, 5) is 12.7. The van der Waals surface area contributed by atoms with Crippen molar-refractivity contribution in [3.63, 3.8) is 0 Å². The van der Waals surface area contributed by atoms with Crippen LogP contribution in [0.1, 0.15) is 30.6 Å². The summed E-state index contributed by atoms with van der Waals surface area (Å²) in [6, 6.07) is 3.66. The number of carbonyl (C=O) groups is 1. The van der Waals surface area contributed by atoms with E-state index in [0.29, 0.717) is 34.1 Å². The van der Waals surface area contributed by atoms with Crippen molar-refractivity contribution in [2.75, 3.05) is 33.6 Å². The van der Waals surface area contributed by atoms with Gasteiger partial charge in [0, 0.05) is 29.2 Å². The summed E-state index contributed by atoms with van der Waals surface area (Å²) >= 11 is 1.94. The maximum Gasteiger partial charge on any atom is 0.265 e. The zero-order valence-electron chi connectivity index (χ0n) is 14.9. The Morgan fingerprint density at radius 1 is 1.25 bits per heavy atom. The van der Waals surface area contributed by atoms with E-state index in [1.807, 2.05) is 16.8 Å². The molecule has 7 heteroatoms. The average molecular weight is 354 g/mol. The molecule has 1 fully saturated rings. The van der Waals surface area contributed by atoms with Crippen LogP contribution >= 0.6 is 11.8 Å². The fourth-order valence-corrected chi connectivity index (χ4v) is 4.20. The van der Waals surface area contributed by atoms with Crippen molar-refractivity contribution in [1.29, 1.82) is 0 Å². The number of nitrogens with one attached hydrogen (secondary N) is 1. The molecule has 134 valence electrons. The summed E-state index contributed by atoms with van der Waals surface area (Å²) in [7, 11) is 4.62. The number of rotatable bonds is 6. The normalized spacial score (nSPS) is 21.2. The van der Waals surface area contributed by atoms with Crippen LogP contribution in [0.5, 0.6) is 17.2 Å². The Hall–Kier alpha value is -1.60. The third kappa shape index (κ3) is 3.89. The number of ether oxygens (including phenoxy) is 3. The van der Waals surface area contributed by atoms with Gasteiger partial charge in [0.1, 0.15) is 0 Å².